The number of aryl methyl sites for hydroxylation is 1. The van der Waals surface area contributed by atoms with E-state index < -0.39 is 16.9 Å². The molecule has 0 aliphatic heterocycles. The Morgan fingerprint density at radius 2 is 1.94 bits per heavy atom. The fraction of sp³-hybridized carbons (Fsp3) is 0.200. The lowest BCUT2D eigenvalue weighted by Gasteiger charge is -2.04. The molecule has 0 unspecified atom stereocenters. The normalized spacial score (nSPS) is 11.1. The molecule has 0 fully saturated rings. The minimum absolute atomic E-state index is 0.0548. The number of non-ortho nitro benzene ring substituents is 1. The fourth-order valence-corrected chi connectivity index (χ4v) is 5.16. The van der Waals surface area contributed by atoms with Gasteiger partial charge < -0.3 is 15.2 Å². The van der Waals surface area contributed by atoms with Gasteiger partial charge in [-0.1, -0.05) is 0 Å². The molecule has 2 N–H and O–H groups in total. The van der Waals surface area contributed by atoms with E-state index in [1.165, 1.54) is 23.5 Å². The van der Waals surface area contributed by atoms with Crippen molar-refractivity contribution in [2.45, 2.75) is 20.5 Å². The van der Waals surface area contributed by atoms with Crippen molar-refractivity contribution in [1.29, 1.82) is 0 Å². The van der Waals surface area contributed by atoms with Crippen LogP contribution in [-0.2, 0) is 16.1 Å². The van der Waals surface area contributed by atoms with Gasteiger partial charge in [0.2, 0.25) is 0 Å². The maximum Gasteiger partial charge on any atom is 0.348 e. The first kappa shape index (κ1) is 21.6. The first-order chi connectivity index (χ1) is 15.3. The number of aromatic nitrogens is 2. The molecule has 4 aromatic rings. The molecule has 4 rings (SSSR count). The van der Waals surface area contributed by atoms with Crippen LogP contribution in [-0.4, -0.2) is 33.4 Å². The van der Waals surface area contributed by atoms with E-state index in [-0.39, 0.29) is 30.5 Å². The van der Waals surface area contributed by atoms with Crippen molar-refractivity contribution in [1.82, 2.24) is 9.97 Å². The zero-order valence-electron chi connectivity index (χ0n) is 16.9. The molecule has 0 bridgehead atoms. The summed E-state index contributed by atoms with van der Waals surface area (Å²) in [6.07, 6.45) is 0. The van der Waals surface area contributed by atoms with Gasteiger partial charge in [-0.3, -0.25) is 10.1 Å². The van der Waals surface area contributed by atoms with Gasteiger partial charge in [-0.15, -0.1) is 22.7 Å². The average molecular weight is 473 g/mol. The highest BCUT2D eigenvalue weighted by Gasteiger charge is 2.21. The molecule has 1 aromatic carbocycles. The van der Waals surface area contributed by atoms with Crippen LogP contribution in [0.2, 0.25) is 0 Å². The molecular weight excluding hydrogens is 456 g/mol. The maximum absolute atomic E-state index is 12.5. The monoisotopic (exact) mass is 472 g/mol. The lowest BCUT2D eigenvalue weighted by atomic mass is 10.2. The Kier molecular flexibility index (Phi) is 5.72. The van der Waals surface area contributed by atoms with Crippen molar-refractivity contribution in [3.8, 4) is 0 Å². The molecule has 12 heteroatoms. The Labute approximate surface area is 188 Å². The number of hydrogen-bond donors (Lipinski definition) is 1. The molecule has 32 heavy (non-hydrogen) atoms. The number of ether oxygens (including phenoxy) is 2. The van der Waals surface area contributed by atoms with Gasteiger partial charge in [0, 0.05) is 22.2 Å². The Morgan fingerprint density at radius 3 is 2.66 bits per heavy atom. The highest BCUT2D eigenvalue weighted by molar-refractivity contribution is 7.21. The number of esters is 2. The number of benzene rings is 1. The van der Waals surface area contributed by atoms with Crippen LogP contribution in [0.15, 0.2) is 24.3 Å². The lowest BCUT2D eigenvalue weighted by molar-refractivity contribution is -0.384. The van der Waals surface area contributed by atoms with Gasteiger partial charge in [0.05, 0.1) is 16.9 Å². The topological polar surface area (TPSA) is 148 Å². The largest absolute Gasteiger partial charge is 0.462 e. The van der Waals surface area contributed by atoms with Gasteiger partial charge in [-0.25, -0.2) is 19.6 Å². The Hall–Kier alpha value is -3.64. The van der Waals surface area contributed by atoms with E-state index in [9.17, 15) is 19.7 Å². The van der Waals surface area contributed by atoms with Crippen molar-refractivity contribution in [2.75, 3.05) is 12.3 Å². The number of fused-ring (bicyclic) bond motifs is 2. The molecule has 0 aliphatic carbocycles. The molecule has 10 nitrogen and oxygen atoms in total. The number of thiophene rings is 2. The predicted octanol–water partition coefficient (Wildman–Crippen LogP) is 4.24. The first-order valence-electron chi connectivity index (χ1n) is 9.36. The number of hydrogen-bond acceptors (Lipinski definition) is 11. The summed E-state index contributed by atoms with van der Waals surface area (Å²) in [7, 11) is 0. The molecule has 3 aromatic heterocycles. The van der Waals surface area contributed by atoms with Crippen molar-refractivity contribution < 1.29 is 24.0 Å². The standard InChI is InChI=1S/C20H16N4O6S2/c1-3-29-20(26)16-9(2)15-17(21)22-14(23-18(15)32-16)8-30-19(25)13-7-10-6-11(24(27)28)4-5-12(10)31-13/h4-7H,3,8H2,1-2H3,(H2,21,22,23). The van der Waals surface area contributed by atoms with Crippen molar-refractivity contribution >= 4 is 66.4 Å². The van der Waals surface area contributed by atoms with Gasteiger partial charge in [-0.2, -0.15) is 0 Å². The smallest absolute Gasteiger partial charge is 0.348 e. The quantitative estimate of drug-likeness (QED) is 0.247. The Balaban J connectivity index is 1.54. The van der Waals surface area contributed by atoms with Crippen molar-refractivity contribution in [2.24, 2.45) is 0 Å². The number of nitrogens with zero attached hydrogens (tertiary/aromatic N) is 3. The van der Waals surface area contributed by atoms with Crippen LogP contribution in [0.5, 0.6) is 0 Å². The van der Waals surface area contributed by atoms with Crippen LogP contribution in [0.25, 0.3) is 20.3 Å². The summed E-state index contributed by atoms with van der Waals surface area (Å²) in [6.45, 7) is 3.49. The van der Waals surface area contributed by atoms with Gasteiger partial charge >= 0.3 is 11.9 Å². The average Bonchev–Trinajstić information content (AvgIpc) is 3.33. The van der Waals surface area contributed by atoms with E-state index in [0.29, 0.717) is 30.9 Å². The summed E-state index contributed by atoms with van der Waals surface area (Å²) in [4.78, 5) is 44.8. The number of anilines is 1. The van der Waals surface area contributed by atoms with Crippen LogP contribution in [0, 0.1) is 17.0 Å². The summed E-state index contributed by atoms with van der Waals surface area (Å²) in [5, 5.41) is 12.1. The van der Waals surface area contributed by atoms with E-state index in [4.69, 9.17) is 15.2 Å². The molecule has 3 heterocycles. The minimum Gasteiger partial charge on any atom is -0.462 e. The fourth-order valence-electron chi connectivity index (χ4n) is 3.12. The van der Waals surface area contributed by atoms with Crippen LogP contribution < -0.4 is 5.73 Å². The number of carbonyl (C=O) groups is 2. The summed E-state index contributed by atoms with van der Waals surface area (Å²) >= 11 is 2.31. The molecule has 0 aliphatic rings. The van der Waals surface area contributed by atoms with E-state index >= 15 is 0 Å². The second kappa shape index (κ2) is 8.48. The van der Waals surface area contributed by atoms with E-state index in [1.54, 1.807) is 26.0 Å². The van der Waals surface area contributed by atoms with Crippen LogP contribution in [0.3, 0.4) is 0 Å². The number of nitro groups is 1. The lowest BCUT2D eigenvalue weighted by Crippen LogP contribution is -2.07. The molecule has 164 valence electrons. The molecule has 0 spiro atoms. The summed E-state index contributed by atoms with van der Waals surface area (Å²) in [5.74, 6) is -0.688. The van der Waals surface area contributed by atoms with Gasteiger partial charge in [0.25, 0.3) is 5.69 Å². The van der Waals surface area contributed by atoms with Crippen LogP contribution >= 0.6 is 22.7 Å². The summed E-state index contributed by atoms with van der Waals surface area (Å²) in [5.41, 5.74) is 6.65. The number of rotatable bonds is 6. The van der Waals surface area contributed by atoms with E-state index in [2.05, 4.69) is 9.97 Å². The molecule has 0 radical (unpaired) electrons. The number of nitrogen functional groups attached to an aromatic ring is 1. The molecular formula is C20H16N4O6S2. The zero-order valence-corrected chi connectivity index (χ0v) is 18.5. The van der Waals surface area contributed by atoms with Crippen LogP contribution in [0.4, 0.5) is 11.5 Å². The van der Waals surface area contributed by atoms with Crippen LogP contribution in [0.1, 0.15) is 37.7 Å². The summed E-state index contributed by atoms with van der Waals surface area (Å²) < 4.78 is 11.1. The molecule has 0 saturated carbocycles. The number of nitrogens with two attached hydrogens (primary N) is 1. The molecule has 0 atom stereocenters. The third kappa shape index (κ3) is 3.97. The Bertz CT molecular complexity index is 1390. The first-order valence-corrected chi connectivity index (χ1v) is 11.0. The maximum atomic E-state index is 12.5. The van der Waals surface area contributed by atoms with E-state index in [0.717, 1.165) is 16.0 Å². The highest BCUT2D eigenvalue weighted by Crippen LogP contribution is 2.33. The van der Waals surface area contributed by atoms with E-state index in [1.807, 2.05) is 0 Å². The number of nitro benzene ring substituents is 1. The van der Waals surface area contributed by atoms with Gasteiger partial charge in [0.1, 0.15) is 20.4 Å². The van der Waals surface area contributed by atoms with Gasteiger partial charge in [-0.05, 0) is 31.5 Å². The second-order valence-electron chi connectivity index (χ2n) is 6.65. The number of carbonyl (C=O) groups excluding carboxylic acids is 2. The van der Waals surface area contributed by atoms with Crippen molar-refractivity contribution in [3.63, 3.8) is 0 Å². The third-order valence-corrected chi connectivity index (χ3v) is 6.83. The second-order valence-corrected chi connectivity index (χ2v) is 8.73. The molecule has 0 amide bonds. The zero-order chi connectivity index (χ0) is 23.0. The third-order valence-electron chi connectivity index (χ3n) is 4.57. The highest BCUT2D eigenvalue weighted by atomic mass is 32.1. The Morgan fingerprint density at radius 1 is 1.16 bits per heavy atom. The molecule has 0 saturated heterocycles. The predicted molar refractivity (Wildman–Crippen MR) is 120 cm³/mol. The summed E-state index contributed by atoms with van der Waals surface area (Å²) in [6, 6.07) is 5.92. The van der Waals surface area contributed by atoms with Crippen molar-refractivity contribution in [3.05, 3.63) is 55.5 Å². The van der Waals surface area contributed by atoms with Gasteiger partial charge in [0.15, 0.2) is 12.4 Å². The minimum atomic E-state index is -0.606. The SMILES string of the molecule is CCOC(=O)c1sc2nc(COC(=O)c3cc4cc([N+](=O)[O-])ccc4s3)nc(N)c2c1C.